The van der Waals surface area contributed by atoms with Crippen molar-refractivity contribution >= 4 is 44.1 Å². The summed E-state index contributed by atoms with van der Waals surface area (Å²) < 4.78 is 1.14. The quantitative estimate of drug-likeness (QED) is 0.280. The Hall–Kier alpha value is -3.63. The van der Waals surface area contributed by atoms with Crippen LogP contribution in [0.3, 0.4) is 0 Å². The molecule has 2 aromatic heterocycles. The molecule has 2 aromatic carbocycles. The Morgan fingerprint density at radius 2 is 1.88 bits per heavy atom. The average Bonchev–Trinajstić information content (AvgIpc) is 3.44. The van der Waals surface area contributed by atoms with Crippen LogP contribution in [0.25, 0.3) is 21.0 Å². The highest BCUT2D eigenvalue weighted by atomic mass is 32.1. The van der Waals surface area contributed by atoms with Crippen LogP contribution >= 0.6 is 11.3 Å². The predicted molar refractivity (Wildman–Crippen MR) is 132 cm³/mol. The molecule has 2 amide bonds. The number of aromatic nitrogens is 1. The lowest BCUT2D eigenvalue weighted by molar-refractivity contribution is -0.133. The summed E-state index contributed by atoms with van der Waals surface area (Å²) in [7, 11) is 0. The van der Waals surface area contributed by atoms with E-state index < -0.39 is 6.04 Å². The molecule has 0 fully saturated rings. The average molecular weight is 459 g/mol. The van der Waals surface area contributed by atoms with Crippen molar-refractivity contribution in [2.75, 3.05) is 6.54 Å². The SMILES string of the molecule is CCN(C#N)C(=O)C(Cc1csc2ccccc12)NC(=O)CCCc1c[nH]c2ccccc12. The fourth-order valence-electron chi connectivity index (χ4n) is 4.12. The van der Waals surface area contributed by atoms with Crippen LogP contribution in [-0.4, -0.2) is 34.3 Å². The van der Waals surface area contributed by atoms with Gasteiger partial charge < -0.3 is 10.3 Å². The van der Waals surface area contributed by atoms with Crippen molar-refractivity contribution in [1.29, 1.82) is 5.26 Å². The minimum atomic E-state index is -0.775. The molecule has 7 heteroatoms. The first kappa shape index (κ1) is 22.6. The predicted octanol–water partition coefficient (Wildman–Crippen LogP) is 4.76. The molecule has 0 saturated carbocycles. The molecule has 0 aliphatic rings. The van der Waals surface area contributed by atoms with Gasteiger partial charge in [-0.3, -0.25) is 9.59 Å². The molecule has 33 heavy (non-hydrogen) atoms. The molecule has 0 radical (unpaired) electrons. The van der Waals surface area contributed by atoms with Gasteiger partial charge in [-0.15, -0.1) is 11.3 Å². The summed E-state index contributed by atoms with van der Waals surface area (Å²) in [5.74, 6) is -0.554. The second-order valence-corrected chi connectivity index (χ2v) is 8.89. The lowest BCUT2D eigenvalue weighted by Gasteiger charge is -2.21. The molecule has 4 rings (SSSR count). The minimum Gasteiger partial charge on any atom is -0.361 e. The number of aryl methyl sites for hydroxylation is 1. The highest BCUT2D eigenvalue weighted by Crippen LogP contribution is 2.27. The standard InChI is InChI=1S/C26H26N4O2S/c1-2-30(17-27)26(32)23(14-19-16-33-24-12-6-4-10-21(19)24)29-25(31)13-7-8-18-15-28-22-11-5-3-9-20(18)22/h3-6,9-12,15-16,23,28H,2,7-8,13-14H2,1H3,(H,29,31). The number of aromatic amines is 1. The number of amides is 2. The molecule has 1 atom stereocenters. The van der Waals surface area contributed by atoms with E-state index in [1.807, 2.05) is 60.2 Å². The van der Waals surface area contributed by atoms with Gasteiger partial charge in [0, 0.05) is 41.2 Å². The summed E-state index contributed by atoms with van der Waals surface area (Å²) in [4.78, 5) is 30.1. The first-order chi connectivity index (χ1) is 16.1. The molecule has 0 aliphatic heterocycles. The Morgan fingerprint density at radius 1 is 1.12 bits per heavy atom. The summed E-state index contributed by atoms with van der Waals surface area (Å²) in [5.41, 5.74) is 3.27. The zero-order valence-corrected chi connectivity index (χ0v) is 19.3. The van der Waals surface area contributed by atoms with Crippen molar-refractivity contribution in [3.05, 3.63) is 71.2 Å². The van der Waals surface area contributed by atoms with Crippen LogP contribution in [0.5, 0.6) is 0 Å². The van der Waals surface area contributed by atoms with Gasteiger partial charge in [-0.25, -0.2) is 4.90 Å². The van der Waals surface area contributed by atoms with E-state index in [0.717, 1.165) is 32.5 Å². The third-order valence-corrected chi connectivity index (χ3v) is 6.86. The molecule has 0 aliphatic carbocycles. The lowest BCUT2D eigenvalue weighted by atomic mass is 10.0. The van der Waals surface area contributed by atoms with Gasteiger partial charge in [0.2, 0.25) is 5.91 Å². The van der Waals surface area contributed by atoms with E-state index in [2.05, 4.69) is 16.4 Å². The van der Waals surface area contributed by atoms with Gasteiger partial charge >= 0.3 is 0 Å². The van der Waals surface area contributed by atoms with E-state index in [1.54, 1.807) is 18.3 Å². The summed E-state index contributed by atoms with van der Waals surface area (Å²) in [6.45, 7) is 2.02. The zero-order valence-electron chi connectivity index (χ0n) is 18.5. The molecule has 2 heterocycles. The van der Waals surface area contributed by atoms with E-state index >= 15 is 0 Å². The molecule has 4 aromatic rings. The second kappa shape index (κ2) is 10.3. The number of likely N-dealkylation sites (N-methyl/N-ethyl adjacent to an activating group) is 1. The summed E-state index contributed by atoms with van der Waals surface area (Å²) >= 11 is 1.61. The normalized spacial score (nSPS) is 11.9. The van der Waals surface area contributed by atoms with Gasteiger partial charge in [0.25, 0.3) is 5.91 Å². The van der Waals surface area contributed by atoms with Crippen LogP contribution < -0.4 is 5.32 Å². The van der Waals surface area contributed by atoms with E-state index in [0.29, 0.717) is 19.3 Å². The number of hydrogen-bond acceptors (Lipinski definition) is 4. The van der Waals surface area contributed by atoms with Gasteiger partial charge in [-0.2, -0.15) is 5.26 Å². The van der Waals surface area contributed by atoms with E-state index in [-0.39, 0.29) is 18.4 Å². The summed E-state index contributed by atoms with van der Waals surface area (Å²) in [5, 5.41) is 16.5. The molecule has 1 unspecified atom stereocenters. The number of nitrogens with zero attached hydrogens (tertiary/aromatic N) is 2. The van der Waals surface area contributed by atoms with Crippen LogP contribution in [-0.2, 0) is 22.4 Å². The molecule has 6 nitrogen and oxygen atoms in total. The van der Waals surface area contributed by atoms with E-state index in [4.69, 9.17) is 0 Å². The van der Waals surface area contributed by atoms with Crippen molar-refractivity contribution in [2.45, 2.75) is 38.6 Å². The van der Waals surface area contributed by atoms with Crippen molar-refractivity contribution < 1.29 is 9.59 Å². The Balaban J connectivity index is 1.43. The van der Waals surface area contributed by atoms with Crippen LogP contribution in [0.4, 0.5) is 0 Å². The van der Waals surface area contributed by atoms with Crippen molar-refractivity contribution in [1.82, 2.24) is 15.2 Å². The van der Waals surface area contributed by atoms with Gasteiger partial charge in [0.1, 0.15) is 6.04 Å². The number of para-hydroxylation sites is 1. The number of nitriles is 1. The largest absolute Gasteiger partial charge is 0.361 e. The molecule has 0 saturated heterocycles. The number of fused-ring (bicyclic) bond motifs is 2. The molecular formula is C26H26N4O2S. The Labute approximate surface area is 196 Å². The maximum absolute atomic E-state index is 13.0. The Morgan fingerprint density at radius 3 is 2.67 bits per heavy atom. The Bertz CT molecular complexity index is 1320. The highest BCUT2D eigenvalue weighted by molar-refractivity contribution is 7.17. The van der Waals surface area contributed by atoms with Crippen molar-refractivity contribution in [3.63, 3.8) is 0 Å². The van der Waals surface area contributed by atoms with Gasteiger partial charge in [-0.1, -0.05) is 36.4 Å². The van der Waals surface area contributed by atoms with Gasteiger partial charge in [-0.05, 0) is 53.8 Å². The third-order valence-electron chi connectivity index (χ3n) is 5.85. The number of carbonyl (C=O) groups excluding carboxylic acids is 2. The number of nitrogens with one attached hydrogen (secondary N) is 2. The van der Waals surface area contributed by atoms with E-state index in [1.165, 1.54) is 10.9 Å². The second-order valence-electron chi connectivity index (χ2n) is 7.98. The number of hydrogen-bond donors (Lipinski definition) is 2. The van der Waals surface area contributed by atoms with Crippen LogP contribution in [0.1, 0.15) is 30.9 Å². The topological polar surface area (TPSA) is 89.0 Å². The Kier molecular flexibility index (Phi) is 7.06. The first-order valence-electron chi connectivity index (χ1n) is 11.1. The van der Waals surface area contributed by atoms with Crippen LogP contribution in [0.15, 0.2) is 60.1 Å². The lowest BCUT2D eigenvalue weighted by Crippen LogP contribution is -2.48. The molecular weight excluding hydrogens is 432 g/mol. The zero-order chi connectivity index (χ0) is 23.2. The number of rotatable bonds is 9. The number of benzene rings is 2. The number of thiophene rings is 1. The maximum atomic E-state index is 13.0. The van der Waals surface area contributed by atoms with Gasteiger partial charge in [0.15, 0.2) is 6.19 Å². The molecule has 168 valence electrons. The fourth-order valence-corrected chi connectivity index (χ4v) is 5.09. The molecule has 0 bridgehead atoms. The highest BCUT2D eigenvalue weighted by Gasteiger charge is 2.26. The van der Waals surface area contributed by atoms with Crippen LogP contribution in [0, 0.1) is 11.5 Å². The summed E-state index contributed by atoms with van der Waals surface area (Å²) in [6.07, 6.45) is 6.03. The molecule has 2 N–H and O–H groups in total. The van der Waals surface area contributed by atoms with Crippen LogP contribution in [0.2, 0.25) is 0 Å². The first-order valence-corrected chi connectivity index (χ1v) is 12.0. The van der Waals surface area contributed by atoms with Gasteiger partial charge in [0.05, 0.1) is 0 Å². The molecule has 0 spiro atoms. The van der Waals surface area contributed by atoms with Crippen molar-refractivity contribution in [3.8, 4) is 6.19 Å². The minimum absolute atomic E-state index is 0.179. The smallest absolute Gasteiger partial charge is 0.258 e. The monoisotopic (exact) mass is 458 g/mol. The van der Waals surface area contributed by atoms with E-state index in [9.17, 15) is 14.9 Å². The van der Waals surface area contributed by atoms with Crippen molar-refractivity contribution in [2.24, 2.45) is 0 Å². The summed E-state index contributed by atoms with van der Waals surface area (Å²) in [6, 6.07) is 15.3. The number of H-pyrrole nitrogens is 1. The fraction of sp³-hybridized carbons (Fsp3) is 0.269. The number of carbonyl (C=O) groups is 2. The third kappa shape index (κ3) is 5.07. The maximum Gasteiger partial charge on any atom is 0.258 e.